The number of nitrogens with zero attached hydrogens (tertiary/aromatic N) is 2. The summed E-state index contributed by atoms with van der Waals surface area (Å²) in [4.78, 5) is 44.4. The highest BCUT2D eigenvalue weighted by Crippen LogP contribution is 2.41. The minimum absolute atomic E-state index is 0.0594. The molecular formula is C23H29N3O6. The molecule has 0 aliphatic carbocycles. The van der Waals surface area contributed by atoms with Crippen LogP contribution in [0.1, 0.15) is 51.3 Å². The number of H-pyrrole nitrogens is 1. The van der Waals surface area contributed by atoms with Crippen molar-refractivity contribution in [3.63, 3.8) is 0 Å². The number of esters is 1. The number of ether oxygens (including phenoxy) is 1. The van der Waals surface area contributed by atoms with E-state index in [0.717, 1.165) is 6.54 Å². The molecule has 1 aliphatic heterocycles. The first-order valence-electron chi connectivity index (χ1n) is 10.4. The van der Waals surface area contributed by atoms with Gasteiger partial charge in [-0.2, -0.15) is 0 Å². The second-order valence-electron chi connectivity index (χ2n) is 8.21. The van der Waals surface area contributed by atoms with E-state index in [1.807, 2.05) is 19.0 Å². The van der Waals surface area contributed by atoms with Crippen molar-refractivity contribution < 1.29 is 28.6 Å². The topological polar surface area (TPSA) is 116 Å². The maximum absolute atomic E-state index is 13.1. The molecule has 1 unspecified atom stereocenters. The number of Topliss-reactive ketones (excluding diaryl/α,β-unsaturated/α-hetero) is 1. The first kappa shape index (κ1) is 23.3. The molecule has 0 spiro atoms. The predicted molar refractivity (Wildman–Crippen MR) is 117 cm³/mol. The molecule has 0 aromatic carbocycles. The largest absolute Gasteiger partial charge is 0.507 e. The summed E-state index contributed by atoms with van der Waals surface area (Å²) in [5.74, 6) is -1.40. The van der Waals surface area contributed by atoms with Gasteiger partial charge in [0.05, 0.1) is 12.7 Å². The Balaban J connectivity index is 2.15. The maximum Gasteiger partial charge on any atom is 0.354 e. The van der Waals surface area contributed by atoms with Gasteiger partial charge < -0.3 is 29.0 Å². The number of carbonyl (C=O) groups excluding carboxylic acids is 3. The van der Waals surface area contributed by atoms with Gasteiger partial charge in [0.2, 0.25) is 0 Å². The predicted octanol–water partition coefficient (Wildman–Crippen LogP) is 2.69. The van der Waals surface area contributed by atoms with E-state index < -0.39 is 23.7 Å². The lowest BCUT2D eigenvalue weighted by Gasteiger charge is -2.24. The van der Waals surface area contributed by atoms with Crippen molar-refractivity contribution in [3.05, 3.63) is 51.7 Å². The number of ketones is 1. The summed E-state index contributed by atoms with van der Waals surface area (Å²) in [5, 5.41) is 11.3. The summed E-state index contributed by atoms with van der Waals surface area (Å²) in [6.45, 7) is 6.14. The highest BCUT2D eigenvalue weighted by Gasteiger charge is 2.47. The molecule has 2 N–H and O–H groups in total. The van der Waals surface area contributed by atoms with Crippen LogP contribution in [-0.2, 0) is 14.3 Å². The van der Waals surface area contributed by atoms with Crippen LogP contribution < -0.4 is 0 Å². The van der Waals surface area contributed by atoms with Gasteiger partial charge in [-0.25, -0.2) is 4.79 Å². The maximum atomic E-state index is 13.1. The Bertz CT molecular complexity index is 1090. The normalized spacial score (nSPS) is 18.1. The fourth-order valence-corrected chi connectivity index (χ4v) is 4.11. The average molecular weight is 444 g/mol. The van der Waals surface area contributed by atoms with E-state index in [1.54, 1.807) is 32.9 Å². The van der Waals surface area contributed by atoms with Crippen molar-refractivity contribution in [1.29, 1.82) is 0 Å². The first-order chi connectivity index (χ1) is 15.1. The molecule has 0 radical (unpaired) electrons. The molecule has 172 valence electrons. The summed E-state index contributed by atoms with van der Waals surface area (Å²) >= 11 is 0. The molecule has 2 aromatic rings. The van der Waals surface area contributed by atoms with Crippen LogP contribution in [0.15, 0.2) is 22.1 Å². The van der Waals surface area contributed by atoms with Crippen molar-refractivity contribution in [1.82, 2.24) is 14.8 Å². The van der Waals surface area contributed by atoms with Crippen LogP contribution >= 0.6 is 0 Å². The Kier molecular flexibility index (Phi) is 6.59. The third-order valence-corrected chi connectivity index (χ3v) is 5.64. The van der Waals surface area contributed by atoms with Crippen molar-refractivity contribution in [2.45, 2.75) is 33.2 Å². The summed E-state index contributed by atoms with van der Waals surface area (Å²) in [6, 6.07) is 2.59. The van der Waals surface area contributed by atoms with Gasteiger partial charge in [0.1, 0.15) is 29.0 Å². The summed E-state index contributed by atoms with van der Waals surface area (Å²) in [6.07, 6.45) is 0.644. The number of methoxy groups -OCH3 is 1. The van der Waals surface area contributed by atoms with Gasteiger partial charge in [-0.1, -0.05) is 0 Å². The van der Waals surface area contributed by atoms with Gasteiger partial charge >= 0.3 is 5.97 Å². The second-order valence-corrected chi connectivity index (χ2v) is 8.21. The van der Waals surface area contributed by atoms with E-state index in [9.17, 15) is 19.5 Å². The third kappa shape index (κ3) is 4.08. The summed E-state index contributed by atoms with van der Waals surface area (Å²) in [5.41, 5.74) is 1.33. The number of aryl methyl sites for hydroxylation is 2. The quantitative estimate of drug-likeness (QED) is 0.292. The number of aliphatic hydroxyl groups is 1. The van der Waals surface area contributed by atoms with E-state index in [0.29, 0.717) is 41.3 Å². The lowest BCUT2D eigenvalue weighted by atomic mass is 9.97. The minimum Gasteiger partial charge on any atom is -0.507 e. The summed E-state index contributed by atoms with van der Waals surface area (Å²) in [7, 11) is 5.12. The molecule has 1 amide bonds. The number of carbonyl (C=O) groups is 3. The average Bonchev–Trinajstić information content (AvgIpc) is 3.36. The molecule has 1 atom stereocenters. The van der Waals surface area contributed by atoms with Gasteiger partial charge in [0, 0.05) is 17.8 Å². The Hall–Kier alpha value is -3.33. The standard InChI is InChI=1S/C23H29N3O6/c1-12-8-9-15(32-12)19-17(21(28)22(29)26(19)11-7-10-25(4)5)20(27)16-13(2)18(23(30)31-6)24-14(16)3/h8-9,19,24,27H,7,10-11H2,1-6H3/b20-17+. The molecule has 0 bridgehead atoms. The monoisotopic (exact) mass is 443 g/mol. The smallest absolute Gasteiger partial charge is 0.354 e. The molecular weight excluding hydrogens is 414 g/mol. The van der Waals surface area contributed by atoms with Gasteiger partial charge in [-0.05, 0) is 65.5 Å². The number of likely N-dealkylation sites (tertiary alicyclic amines) is 1. The van der Waals surface area contributed by atoms with E-state index in [2.05, 4.69) is 4.98 Å². The van der Waals surface area contributed by atoms with E-state index >= 15 is 0 Å². The fourth-order valence-electron chi connectivity index (χ4n) is 4.11. The Labute approximate surface area is 186 Å². The Morgan fingerprint density at radius 3 is 2.50 bits per heavy atom. The van der Waals surface area contributed by atoms with E-state index in [-0.39, 0.29) is 17.0 Å². The molecule has 9 heteroatoms. The molecule has 3 heterocycles. The lowest BCUT2D eigenvalue weighted by Crippen LogP contribution is -2.32. The number of aliphatic hydroxyl groups excluding tert-OH is 1. The number of amides is 1. The Morgan fingerprint density at radius 1 is 1.25 bits per heavy atom. The van der Waals surface area contributed by atoms with Gasteiger partial charge in [0.25, 0.3) is 11.7 Å². The first-order valence-corrected chi connectivity index (χ1v) is 10.4. The minimum atomic E-state index is -0.860. The van der Waals surface area contributed by atoms with Crippen LogP contribution in [0.2, 0.25) is 0 Å². The summed E-state index contributed by atoms with van der Waals surface area (Å²) < 4.78 is 10.6. The third-order valence-electron chi connectivity index (χ3n) is 5.64. The van der Waals surface area contributed by atoms with Crippen molar-refractivity contribution in [2.75, 3.05) is 34.3 Å². The van der Waals surface area contributed by atoms with Gasteiger partial charge in [-0.15, -0.1) is 0 Å². The lowest BCUT2D eigenvalue weighted by molar-refractivity contribution is -0.140. The van der Waals surface area contributed by atoms with Crippen LogP contribution in [0.3, 0.4) is 0 Å². The zero-order valence-corrected chi connectivity index (χ0v) is 19.2. The molecule has 2 aromatic heterocycles. The number of hydrogen-bond donors (Lipinski definition) is 2. The fraction of sp³-hybridized carbons (Fsp3) is 0.435. The highest BCUT2D eigenvalue weighted by atomic mass is 16.5. The molecule has 32 heavy (non-hydrogen) atoms. The van der Waals surface area contributed by atoms with Crippen LogP contribution in [0.5, 0.6) is 0 Å². The van der Waals surface area contributed by atoms with Crippen molar-refractivity contribution in [3.8, 4) is 0 Å². The number of aromatic amines is 1. The van der Waals surface area contributed by atoms with Crippen LogP contribution in [0.4, 0.5) is 0 Å². The molecule has 3 rings (SSSR count). The van der Waals surface area contributed by atoms with E-state index in [4.69, 9.17) is 9.15 Å². The van der Waals surface area contributed by atoms with Crippen LogP contribution in [0, 0.1) is 20.8 Å². The van der Waals surface area contributed by atoms with E-state index in [1.165, 1.54) is 12.0 Å². The number of rotatable bonds is 7. The van der Waals surface area contributed by atoms with Crippen molar-refractivity contribution in [2.24, 2.45) is 0 Å². The SMILES string of the molecule is COC(=O)c1[nH]c(C)c(/C(O)=C2\C(=O)C(=O)N(CCCN(C)C)C2c2ccc(C)o2)c1C. The number of nitrogens with one attached hydrogen (secondary N) is 1. The van der Waals surface area contributed by atoms with Crippen LogP contribution in [-0.4, -0.2) is 71.8 Å². The number of furan rings is 1. The Morgan fingerprint density at radius 2 is 1.94 bits per heavy atom. The molecule has 1 fully saturated rings. The number of hydrogen-bond acceptors (Lipinski definition) is 7. The molecule has 1 saturated heterocycles. The van der Waals surface area contributed by atoms with Gasteiger partial charge in [-0.3, -0.25) is 9.59 Å². The molecule has 1 aliphatic rings. The molecule has 0 saturated carbocycles. The van der Waals surface area contributed by atoms with Crippen LogP contribution in [0.25, 0.3) is 5.76 Å². The second kappa shape index (κ2) is 9.04. The van der Waals surface area contributed by atoms with Gasteiger partial charge in [0.15, 0.2) is 0 Å². The highest BCUT2D eigenvalue weighted by molar-refractivity contribution is 6.46. The zero-order valence-electron chi connectivity index (χ0n) is 19.2. The zero-order chi connectivity index (χ0) is 23.7. The number of aromatic nitrogens is 1. The molecule has 9 nitrogen and oxygen atoms in total. The van der Waals surface area contributed by atoms with Crippen molar-refractivity contribution >= 4 is 23.4 Å².